The van der Waals surface area contributed by atoms with Gasteiger partial charge in [0.25, 0.3) is 0 Å². The Labute approximate surface area is 179 Å². The fraction of sp³-hybridized carbons (Fsp3) is 0.217. The van der Waals surface area contributed by atoms with Gasteiger partial charge in [-0.3, -0.25) is 5.41 Å². The number of rotatable bonds is 6. The summed E-state index contributed by atoms with van der Waals surface area (Å²) in [6.07, 6.45) is -0.444. The van der Waals surface area contributed by atoms with E-state index in [2.05, 4.69) is 5.32 Å². The minimum atomic E-state index is -0.566. The van der Waals surface area contributed by atoms with Crippen LogP contribution in [0.2, 0.25) is 0 Å². The molecule has 2 heterocycles. The predicted octanol–water partition coefficient (Wildman–Crippen LogP) is 4.43. The number of ether oxygens (including phenoxy) is 3. The molecule has 0 spiro atoms. The Morgan fingerprint density at radius 1 is 1.06 bits per heavy atom. The number of nitrogens with one attached hydrogen (secondary N) is 2. The highest BCUT2D eigenvalue weighted by molar-refractivity contribution is 6.14. The molecule has 1 aliphatic heterocycles. The number of fused-ring (bicyclic) bond motifs is 1. The number of carbonyl (C=O) groups is 1. The minimum absolute atomic E-state index is 0.0501. The number of anilines is 2. The summed E-state index contributed by atoms with van der Waals surface area (Å²) in [5, 5.41) is 12.2. The van der Waals surface area contributed by atoms with Crippen LogP contribution in [0.1, 0.15) is 34.8 Å². The Balaban J connectivity index is 1.78. The molecule has 1 unspecified atom stereocenters. The van der Waals surface area contributed by atoms with Crippen molar-refractivity contribution in [3.63, 3.8) is 0 Å². The maximum atomic E-state index is 12.2. The molecule has 3 aromatic rings. The van der Waals surface area contributed by atoms with E-state index in [1.165, 1.54) is 6.07 Å². The fourth-order valence-corrected chi connectivity index (χ4v) is 3.46. The van der Waals surface area contributed by atoms with Crippen molar-refractivity contribution in [2.45, 2.75) is 13.1 Å². The van der Waals surface area contributed by atoms with Gasteiger partial charge in [0, 0.05) is 11.8 Å². The first-order chi connectivity index (χ1) is 15.0. The summed E-state index contributed by atoms with van der Waals surface area (Å²) in [4.78, 5) is 14.0. The highest BCUT2D eigenvalue weighted by atomic mass is 16.5. The third-order valence-corrected chi connectivity index (χ3v) is 5.01. The zero-order valence-corrected chi connectivity index (χ0v) is 17.5. The second kappa shape index (κ2) is 8.43. The second-order valence-electron chi connectivity index (χ2n) is 6.81. The Morgan fingerprint density at radius 2 is 1.68 bits per heavy atom. The van der Waals surface area contributed by atoms with Crippen LogP contribution in [0.15, 0.2) is 59.0 Å². The number of esters is 1. The largest absolute Gasteiger partial charge is 0.497 e. The van der Waals surface area contributed by atoms with Crippen LogP contribution in [0.5, 0.6) is 11.5 Å². The molecule has 8 nitrogen and oxygen atoms in total. The summed E-state index contributed by atoms with van der Waals surface area (Å²) in [6, 6.07) is 16.5. The topological polar surface area (TPSA) is 97.0 Å². The molecule has 31 heavy (non-hydrogen) atoms. The average molecular weight is 421 g/mol. The molecular weight excluding hydrogens is 398 g/mol. The number of amidine groups is 1. The lowest BCUT2D eigenvalue weighted by Gasteiger charge is -2.38. The third kappa shape index (κ3) is 3.79. The van der Waals surface area contributed by atoms with Gasteiger partial charge in [-0.1, -0.05) is 12.1 Å². The number of methoxy groups -OCH3 is 2. The molecule has 0 amide bonds. The summed E-state index contributed by atoms with van der Waals surface area (Å²) in [5.74, 6) is 1.47. The number of hydrogen-bond acceptors (Lipinski definition) is 7. The SMILES string of the molecule is CCOC(=O)c1cc2c(o1)NC(c1ccc(OC)cc1)N(c1ccc(OC)cc1)C2=N. The summed E-state index contributed by atoms with van der Waals surface area (Å²) >= 11 is 0. The van der Waals surface area contributed by atoms with Crippen LogP contribution in [0.25, 0.3) is 0 Å². The summed E-state index contributed by atoms with van der Waals surface area (Å²) in [7, 11) is 3.22. The smallest absolute Gasteiger partial charge is 0.374 e. The molecule has 2 aromatic carbocycles. The van der Waals surface area contributed by atoms with Gasteiger partial charge in [-0.15, -0.1) is 0 Å². The standard InChI is InChI=1S/C23H23N3O5/c1-4-30-23(27)19-13-18-20(24)26(15-7-11-17(29-3)12-8-15)21(25-22(18)31-19)14-5-9-16(28-2)10-6-14/h5-13,21,24-25H,4H2,1-3H3. The molecule has 1 atom stereocenters. The van der Waals surface area contributed by atoms with Crippen molar-refractivity contribution < 1.29 is 23.4 Å². The average Bonchev–Trinajstić information content (AvgIpc) is 3.24. The van der Waals surface area contributed by atoms with E-state index in [4.69, 9.17) is 24.0 Å². The minimum Gasteiger partial charge on any atom is -0.497 e. The van der Waals surface area contributed by atoms with Crippen molar-refractivity contribution >= 4 is 23.4 Å². The summed E-state index contributed by atoms with van der Waals surface area (Å²) in [5.41, 5.74) is 2.15. The van der Waals surface area contributed by atoms with Crippen LogP contribution in [-0.4, -0.2) is 32.6 Å². The molecule has 4 rings (SSSR count). The maximum absolute atomic E-state index is 12.2. The molecule has 160 valence electrons. The van der Waals surface area contributed by atoms with Crippen molar-refractivity contribution in [2.75, 3.05) is 31.0 Å². The first kappa shape index (κ1) is 20.3. The van der Waals surface area contributed by atoms with Gasteiger partial charge in [0.05, 0.1) is 26.4 Å². The van der Waals surface area contributed by atoms with Crippen molar-refractivity contribution in [2.24, 2.45) is 0 Å². The van der Waals surface area contributed by atoms with E-state index in [0.29, 0.717) is 11.4 Å². The lowest BCUT2D eigenvalue weighted by atomic mass is 10.1. The lowest BCUT2D eigenvalue weighted by molar-refractivity contribution is 0.0491. The number of hydrogen-bond donors (Lipinski definition) is 2. The highest BCUT2D eigenvalue weighted by Gasteiger charge is 2.35. The normalized spacial score (nSPS) is 15.1. The van der Waals surface area contributed by atoms with Gasteiger partial charge in [-0.2, -0.15) is 0 Å². The number of furan rings is 1. The van der Waals surface area contributed by atoms with E-state index < -0.39 is 12.1 Å². The van der Waals surface area contributed by atoms with Crippen molar-refractivity contribution in [3.05, 3.63) is 71.5 Å². The van der Waals surface area contributed by atoms with Gasteiger partial charge in [0.15, 0.2) is 0 Å². The number of benzene rings is 2. The van der Waals surface area contributed by atoms with E-state index >= 15 is 0 Å². The maximum Gasteiger partial charge on any atom is 0.374 e. The van der Waals surface area contributed by atoms with Gasteiger partial charge in [0.2, 0.25) is 11.6 Å². The van der Waals surface area contributed by atoms with E-state index in [0.717, 1.165) is 22.7 Å². The molecule has 0 radical (unpaired) electrons. The van der Waals surface area contributed by atoms with Crippen LogP contribution in [0.3, 0.4) is 0 Å². The number of carbonyl (C=O) groups excluding carboxylic acids is 1. The molecule has 8 heteroatoms. The predicted molar refractivity (Wildman–Crippen MR) is 116 cm³/mol. The summed E-state index contributed by atoms with van der Waals surface area (Å²) in [6.45, 7) is 1.97. The Bertz CT molecular complexity index is 1090. The van der Waals surface area contributed by atoms with Crippen molar-refractivity contribution in [3.8, 4) is 11.5 Å². The monoisotopic (exact) mass is 421 g/mol. The quantitative estimate of drug-likeness (QED) is 0.568. The van der Waals surface area contributed by atoms with Crippen molar-refractivity contribution in [1.82, 2.24) is 0 Å². The van der Waals surface area contributed by atoms with E-state index in [1.807, 2.05) is 53.4 Å². The zero-order valence-electron chi connectivity index (χ0n) is 17.5. The molecule has 0 saturated carbocycles. The molecular formula is C23H23N3O5. The molecule has 0 aliphatic carbocycles. The fourth-order valence-electron chi connectivity index (χ4n) is 3.46. The zero-order chi connectivity index (χ0) is 22.0. The lowest BCUT2D eigenvalue weighted by Crippen LogP contribution is -2.42. The van der Waals surface area contributed by atoms with Gasteiger partial charge in [-0.05, 0) is 48.9 Å². The van der Waals surface area contributed by atoms with Crippen LogP contribution < -0.4 is 19.7 Å². The van der Waals surface area contributed by atoms with E-state index in [-0.39, 0.29) is 18.2 Å². The molecule has 2 N–H and O–H groups in total. The molecule has 0 bridgehead atoms. The first-order valence-electron chi connectivity index (χ1n) is 9.79. The highest BCUT2D eigenvalue weighted by Crippen LogP contribution is 2.39. The van der Waals surface area contributed by atoms with Crippen molar-refractivity contribution in [1.29, 1.82) is 5.41 Å². The Kier molecular flexibility index (Phi) is 5.53. The van der Waals surface area contributed by atoms with Crippen LogP contribution in [0.4, 0.5) is 11.6 Å². The van der Waals surface area contributed by atoms with Gasteiger partial charge in [-0.25, -0.2) is 4.79 Å². The molecule has 0 fully saturated rings. The van der Waals surface area contributed by atoms with Gasteiger partial charge >= 0.3 is 5.97 Å². The van der Waals surface area contributed by atoms with E-state index in [9.17, 15) is 4.79 Å². The molecule has 1 aliphatic rings. The third-order valence-electron chi connectivity index (χ3n) is 5.01. The summed E-state index contributed by atoms with van der Waals surface area (Å²) < 4.78 is 21.3. The van der Waals surface area contributed by atoms with Crippen LogP contribution in [-0.2, 0) is 4.74 Å². The Morgan fingerprint density at radius 3 is 2.26 bits per heavy atom. The molecule has 0 saturated heterocycles. The van der Waals surface area contributed by atoms with Gasteiger partial charge < -0.3 is 28.8 Å². The Hall–Kier alpha value is -3.94. The van der Waals surface area contributed by atoms with Crippen LogP contribution >= 0.6 is 0 Å². The molecule has 1 aromatic heterocycles. The number of nitrogens with zero attached hydrogens (tertiary/aromatic N) is 1. The first-order valence-corrected chi connectivity index (χ1v) is 9.79. The second-order valence-corrected chi connectivity index (χ2v) is 6.81. The van der Waals surface area contributed by atoms with Gasteiger partial charge in [0.1, 0.15) is 23.5 Å². The van der Waals surface area contributed by atoms with E-state index in [1.54, 1.807) is 21.1 Å². The van der Waals surface area contributed by atoms with Crippen LogP contribution in [0, 0.1) is 5.41 Å².